The summed E-state index contributed by atoms with van der Waals surface area (Å²) in [5.41, 5.74) is 1.76. The zero-order valence-electron chi connectivity index (χ0n) is 21.6. The molecule has 0 N–H and O–H groups in total. The van der Waals surface area contributed by atoms with E-state index in [0.29, 0.717) is 41.6 Å². The SMILES string of the molecule is COc1ccc(-c2nc(-c3ccncc3)nn2CCN(C(=O)C2CCCCCC2)C2CCCC2)cc1Cl. The molecule has 1 aromatic carbocycles. The van der Waals surface area contributed by atoms with Crippen LogP contribution in [0.25, 0.3) is 22.8 Å². The van der Waals surface area contributed by atoms with Gasteiger partial charge in [-0.3, -0.25) is 9.78 Å². The summed E-state index contributed by atoms with van der Waals surface area (Å²) in [6.45, 7) is 1.21. The Hall–Kier alpha value is -2.93. The molecule has 2 aromatic heterocycles. The number of nitrogens with zero attached hydrogens (tertiary/aromatic N) is 5. The van der Waals surface area contributed by atoms with Crippen LogP contribution in [-0.2, 0) is 11.3 Å². The highest BCUT2D eigenvalue weighted by Crippen LogP contribution is 2.32. The third kappa shape index (κ3) is 5.98. The van der Waals surface area contributed by atoms with E-state index in [9.17, 15) is 4.79 Å². The summed E-state index contributed by atoms with van der Waals surface area (Å²) in [6, 6.07) is 9.81. The van der Waals surface area contributed by atoms with E-state index < -0.39 is 0 Å². The number of rotatable bonds is 8. The predicted molar refractivity (Wildman–Crippen MR) is 145 cm³/mol. The van der Waals surface area contributed by atoms with Gasteiger partial charge in [-0.05, 0) is 56.0 Å². The molecule has 5 rings (SSSR count). The lowest BCUT2D eigenvalue weighted by molar-refractivity contribution is -0.138. The molecule has 0 aliphatic heterocycles. The molecule has 37 heavy (non-hydrogen) atoms. The van der Waals surface area contributed by atoms with Gasteiger partial charge in [0.1, 0.15) is 5.75 Å². The molecule has 2 aliphatic rings. The molecule has 0 atom stereocenters. The molecule has 196 valence electrons. The van der Waals surface area contributed by atoms with Crippen LogP contribution in [0.1, 0.15) is 64.2 Å². The highest BCUT2D eigenvalue weighted by Gasteiger charge is 2.32. The van der Waals surface area contributed by atoms with Crippen LogP contribution in [0.4, 0.5) is 0 Å². The molecule has 2 aliphatic carbocycles. The third-order valence-corrected chi connectivity index (χ3v) is 8.12. The maximum Gasteiger partial charge on any atom is 0.225 e. The number of carbonyl (C=O) groups is 1. The van der Waals surface area contributed by atoms with Gasteiger partial charge in [0.2, 0.25) is 5.91 Å². The third-order valence-electron chi connectivity index (χ3n) is 7.83. The molecule has 2 fully saturated rings. The van der Waals surface area contributed by atoms with Crippen molar-refractivity contribution in [3.05, 3.63) is 47.7 Å². The second kappa shape index (κ2) is 12.1. The number of carbonyl (C=O) groups excluding carboxylic acids is 1. The highest BCUT2D eigenvalue weighted by atomic mass is 35.5. The fraction of sp³-hybridized carbons (Fsp3) is 0.517. The average molecular weight is 522 g/mol. The second-order valence-corrected chi connectivity index (χ2v) is 10.6. The Morgan fingerprint density at radius 2 is 1.70 bits per heavy atom. The molecule has 2 heterocycles. The molecule has 0 saturated heterocycles. The molecule has 8 heteroatoms. The molecular weight excluding hydrogens is 486 g/mol. The lowest BCUT2D eigenvalue weighted by Crippen LogP contribution is -2.44. The van der Waals surface area contributed by atoms with Crippen LogP contribution < -0.4 is 4.74 Å². The fourth-order valence-electron chi connectivity index (χ4n) is 5.79. The molecule has 0 spiro atoms. The van der Waals surface area contributed by atoms with Crippen LogP contribution in [0, 0.1) is 5.92 Å². The Bertz CT molecular complexity index is 1180. The number of benzene rings is 1. The Morgan fingerprint density at radius 3 is 2.38 bits per heavy atom. The van der Waals surface area contributed by atoms with Gasteiger partial charge in [0.05, 0.1) is 18.7 Å². The van der Waals surface area contributed by atoms with Gasteiger partial charge >= 0.3 is 0 Å². The highest BCUT2D eigenvalue weighted by molar-refractivity contribution is 6.32. The Morgan fingerprint density at radius 1 is 1.00 bits per heavy atom. The van der Waals surface area contributed by atoms with E-state index >= 15 is 0 Å². The van der Waals surface area contributed by atoms with Crippen LogP contribution in [0.2, 0.25) is 5.02 Å². The van der Waals surface area contributed by atoms with E-state index in [1.54, 1.807) is 19.5 Å². The standard InChI is InChI=1S/C29H36ClN5O2/c1-37-26-13-12-23(20-25(26)30)28-32-27(21-14-16-31-17-15-21)33-35(28)19-18-34(24-10-6-7-11-24)29(36)22-8-4-2-3-5-9-22/h12-17,20,22,24H,2-11,18-19H2,1H3. The molecule has 3 aromatic rings. The van der Waals surface area contributed by atoms with Crippen molar-refractivity contribution >= 4 is 17.5 Å². The topological polar surface area (TPSA) is 73.1 Å². The summed E-state index contributed by atoms with van der Waals surface area (Å²) < 4.78 is 7.27. The summed E-state index contributed by atoms with van der Waals surface area (Å²) in [7, 11) is 1.60. The Balaban J connectivity index is 1.44. The fourth-order valence-corrected chi connectivity index (χ4v) is 6.05. The number of hydrogen-bond donors (Lipinski definition) is 0. The van der Waals surface area contributed by atoms with Crippen LogP contribution in [0.5, 0.6) is 5.75 Å². The van der Waals surface area contributed by atoms with E-state index in [4.69, 9.17) is 26.4 Å². The largest absolute Gasteiger partial charge is 0.495 e. The van der Waals surface area contributed by atoms with Gasteiger partial charge in [0.25, 0.3) is 0 Å². The van der Waals surface area contributed by atoms with Crippen molar-refractivity contribution in [2.24, 2.45) is 5.92 Å². The summed E-state index contributed by atoms with van der Waals surface area (Å²) in [5, 5.41) is 5.40. The predicted octanol–water partition coefficient (Wildman–Crippen LogP) is 6.41. The Labute approximate surface area is 224 Å². The van der Waals surface area contributed by atoms with E-state index in [2.05, 4.69) is 9.88 Å². The van der Waals surface area contributed by atoms with Crippen molar-refractivity contribution in [2.75, 3.05) is 13.7 Å². The molecule has 0 radical (unpaired) electrons. The van der Waals surface area contributed by atoms with E-state index in [1.807, 2.05) is 35.0 Å². The van der Waals surface area contributed by atoms with E-state index in [-0.39, 0.29) is 5.92 Å². The average Bonchev–Trinajstić information content (AvgIpc) is 3.53. The number of ether oxygens (including phenoxy) is 1. The van der Waals surface area contributed by atoms with E-state index in [1.165, 1.54) is 25.7 Å². The van der Waals surface area contributed by atoms with Crippen LogP contribution >= 0.6 is 11.6 Å². The maximum absolute atomic E-state index is 13.8. The van der Waals surface area contributed by atoms with Gasteiger partial charge in [-0.1, -0.05) is 50.1 Å². The van der Waals surface area contributed by atoms with Crippen LogP contribution in [-0.4, -0.2) is 50.3 Å². The first-order valence-electron chi connectivity index (χ1n) is 13.6. The first kappa shape index (κ1) is 25.7. The van der Waals surface area contributed by atoms with Gasteiger partial charge in [0, 0.05) is 42.0 Å². The van der Waals surface area contributed by atoms with Crippen molar-refractivity contribution < 1.29 is 9.53 Å². The Kier molecular flexibility index (Phi) is 8.39. The number of methoxy groups -OCH3 is 1. The quantitative estimate of drug-likeness (QED) is 0.320. The molecule has 7 nitrogen and oxygen atoms in total. The number of aromatic nitrogens is 4. The van der Waals surface area contributed by atoms with Crippen LogP contribution in [0.3, 0.4) is 0 Å². The van der Waals surface area contributed by atoms with E-state index in [0.717, 1.165) is 55.5 Å². The van der Waals surface area contributed by atoms with Crippen molar-refractivity contribution in [2.45, 2.75) is 76.8 Å². The van der Waals surface area contributed by atoms with Crippen LogP contribution in [0.15, 0.2) is 42.7 Å². The number of halogens is 1. The zero-order chi connectivity index (χ0) is 25.6. The molecule has 0 unspecified atom stereocenters. The lowest BCUT2D eigenvalue weighted by atomic mass is 9.97. The smallest absolute Gasteiger partial charge is 0.225 e. The lowest BCUT2D eigenvalue weighted by Gasteiger charge is -2.32. The number of pyridine rings is 1. The minimum atomic E-state index is 0.158. The molecule has 2 saturated carbocycles. The summed E-state index contributed by atoms with van der Waals surface area (Å²) in [6.07, 6.45) is 14.9. The first-order valence-corrected chi connectivity index (χ1v) is 14.0. The monoisotopic (exact) mass is 521 g/mol. The molecular formula is C29H36ClN5O2. The summed E-state index contributed by atoms with van der Waals surface area (Å²) in [4.78, 5) is 25.0. The molecule has 1 amide bonds. The van der Waals surface area contributed by atoms with Crippen molar-refractivity contribution in [1.29, 1.82) is 0 Å². The molecule has 0 bridgehead atoms. The van der Waals surface area contributed by atoms with Crippen molar-refractivity contribution in [3.8, 4) is 28.5 Å². The number of amides is 1. The minimum absolute atomic E-state index is 0.158. The number of hydrogen-bond acceptors (Lipinski definition) is 5. The van der Waals surface area contributed by atoms with Gasteiger partial charge in [-0.2, -0.15) is 5.10 Å². The zero-order valence-corrected chi connectivity index (χ0v) is 22.4. The maximum atomic E-state index is 13.8. The second-order valence-electron chi connectivity index (χ2n) is 10.2. The van der Waals surface area contributed by atoms with Crippen molar-refractivity contribution in [1.82, 2.24) is 24.6 Å². The summed E-state index contributed by atoms with van der Waals surface area (Å²) in [5.74, 6) is 2.48. The van der Waals surface area contributed by atoms with Gasteiger partial charge < -0.3 is 9.64 Å². The normalized spacial score (nSPS) is 17.0. The van der Waals surface area contributed by atoms with Gasteiger partial charge in [-0.15, -0.1) is 0 Å². The van der Waals surface area contributed by atoms with Gasteiger partial charge in [0.15, 0.2) is 11.6 Å². The van der Waals surface area contributed by atoms with Crippen molar-refractivity contribution in [3.63, 3.8) is 0 Å². The summed E-state index contributed by atoms with van der Waals surface area (Å²) >= 11 is 6.47. The first-order chi connectivity index (χ1) is 18.1. The minimum Gasteiger partial charge on any atom is -0.495 e. The van der Waals surface area contributed by atoms with Gasteiger partial charge in [-0.25, -0.2) is 9.67 Å².